The molecule has 90 valence electrons. The summed E-state index contributed by atoms with van der Waals surface area (Å²) < 4.78 is 0. The van der Waals surface area contributed by atoms with Crippen molar-refractivity contribution in [1.82, 2.24) is 0 Å². The number of aliphatic hydroxyl groups excluding tert-OH is 2. The van der Waals surface area contributed by atoms with Crippen molar-refractivity contribution in [3.63, 3.8) is 0 Å². The Morgan fingerprint density at radius 3 is 1.94 bits per heavy atom. The Bertz CT molecular complexity index is 303. The molecule has 0 saturated carbocycles. The van der Waals surface area contributed by atoms with Crippen molar-refractivity contribution in [2.45, 2.75) is 51.7 Å². The zero-order valence-electron chi connectivity index (χ0n) is 10.4. The second-order valence-corrected chi connectivity index (χ2v) is 4.62. The zero-order valence-corrected chi connectivity index (χ0v) is 10.4. The van der Waals surface area contributed by atoms with Gasteiger partial charge in [0.05, 0.1) is 6.10 Å². The maximum Gasteiger partial charge on any atom is 0.105 e. The van der Waals surface area contributed by atoms with Crippen molar-refractivity contribution in [2.75, 3.05) is 0 Å². The molecule has 1 aromatic carbocycles. The van der Waals surface area contributed by atoms with Crippen molar-refractivity contribution in [1.29, 1.82) is 0 Å². The lowest BCUT2D eigenvalue weighted by Crippen LogP contribution is -2.17. The van der Waals surface area contributed by atoms with Gasteiger partial charge >= 0.3 is 0 Å². The largest absolute Gasteiger partial charge is 0.390 e. The fraction of sp³-hybridized carbons (Fsp3) is 0.571. The van der Waals surface area contributed by atoms with E-state index in [1.807, 2.05) is 31.2 Å². The van der Waals surface area contributed by atoms with Crippen LogP contribution < -0.4 is 0 Å². The average molecular weight is 222 g/mol. The summed E-state index contributed by atoms with van der Waals surface area (Å²) in [6.07, 6.45) is 0.0890. The van der Waals surface area contributed by atoms with Gasteiger partial charge in [-0.15, -0.1) is 0 Å². The van der Waals surface area contributed by atoms with Crippen molar-refractivity contribution in [3.8, 4) is 0 Å². The van der Waals surface area contributed by atoms with Crippen molar-refractivity contribution in [3.05, 3.63) is 35.4 Å². The standard InChI is InChI=1S/C14H22O2/c1-4-5-13(15)14(16)12-8-6-11(7-9-12)10(2)3/h6-10,13-16H,4-5H2,1-3H3. The fourth-order valence-electron chi connectivity index (χ4n) is 1.75. The number of hydrogen-bond acceptors (Lipinski definition) is 2. The molecule has 0 saturated heterocycles. The van der Waals surface area contributed by atoms with Crippen LogP contribution in [0.3, 0.4) is 0 Å². The third kappa shape index (κ3) is 3.32. The van der Waals surface area contributed by atoms with Crippen LogP contribution in [-0.4, -0.2) is 16.3 Å². The predicted molar refractivity (Wildman–Crippen MR) is 66.4 cm³/mol. The van der Waals surface area contributed by atoms with Crippen molar-refractivity contribution >= 4 is 0 Å². The molecule has 0 radical (unpaired) electrons. The molecular weight excluding hydrogens is 200 g/mol. The van der Waals surface area contributed by atoms with Crippen LogP contribution in [-0.2, 0) is 0 Å². The van der Waals surface area contributed by atoms with Crippen LogP contribution in [0.15, 0.2) is 24.3 Å². The Kier molecular flexibility index (Phi) is 4.97. The van der Waals surface area contributed by atoms with Gasteiger partial charge in [0.2, 0.25) is 0 Å². The number of rotatable bonds is 5. The van der Waals surface area contributed by atoms with Crippen LogP contribution in [0.5, 0.6) is 0 Å². The molecule has 0 aromatic heterocycles. The maximum atomic E-state index is 9.90. The molecule has 1 rings (SSSR count). The van der Waals surface area contributed by atoms with Crippen LogP contribution in [0.4, 0.5) is 0 Å². The molecule has 0 bridgehead atoms. The third-order valence-electron chi connectivity index (χ3n) is 2.89. The smallest absolute Gasteiger partial charge is 0.105 e. The minimum Gasteiger partial charge on any atom is -0.390 e. The molecule has 0 heterocycles. The van der Waals surface area contributed by atoms with Gasteiger partial charge in [0.15, 0.2) is 0 Å². The topological polar surface area (TPSA) is 40.5 Å². The second-order valence-electron chi connectivity index (χ2n) is 4.62. The SMILES string of the molecule is CCCC(O)C(O)c1ccc(C(C)C)cc1. The summed E-state index contributed by atoms with van der Waals surface area (Å²) in [4.78, 5) is 0. The molecule has 0 aliphatic rings. The lowest BCUT2D eigenvalue weighted by molar-refractivity contribution is 0.0131. The first-order valence-electron chi connectivity index (χ1n) is 6.02. The van der Waals surface area contributed by atoms with E-state index < -0.39 is 12.2 Å². The quantitative estimate of drug-likeness (QED) is 0.804. The fourth-order valence-corrected chi connectivity index (χ4v) is 1.75. The van der Waals surface area contributed by atoms with E-state index in [0.29, 0.717) is 12.3 Å². The first-order chi connectivity index (χ1) is 7.56. The Hall–Kier alpha value is -0.860. The van der Waals surface area contributed by atoms with Crippen LogP contribution >= 0.6 is 0 Å². The van der Waals surface area contributed by atoms with Gasteiger partial charge in [-0.3, -0.25) is 0 Å². The van der Waals surface area contributed by atoms with Gasteiger partial charge in [0, 0.05) is 0 Å². The highest BCUT2D eigenvalue weighted by Gasteiger charge is 2.17. The Morgan fingerprint density at radius 1 is 1.00 bits per heavy atom. The van der Waals surface area contributed by atoms with Crippen molar-refractivity contribution < 1.29 is 10.2 Å². The number of aliphatic hydroxyl groups is 2. The highest BCUT2D eigenvalue weighted by Crippen LogP contribution is 2.22. The summed E-state index contributed by atoms with van der Waals surface area (Å²) >= 11 is 0. The predicted octanol–water partition coefficient (Wildman–Crippen LogP) is 3.00. The lowest BCUT2D eigenvalue weighted by Gasteiger charge is -2.18. The van der Waals surface area contributed by atoms with E-state index in [9.17, 15) is 10.2 Å². The molecule has 2 unspecified atom stereocenters. The summed E-state index contributed by atoms with van der Waals surface area (Å²) in [5.41, 5.74) is 2.05. The summed E-state index contributed by atoms with van der Waals surface area (Å²) in [5.74, 6) is 0.492. The molecule has 2 atom stereocenters. The molecule has 16 heavy (non-hydrogen) atoms. The average Bonchev–Trinajstić information content (AvgIpc) is 2.28. The third-order valence-corrected chi connectivity index (χ3v) is 2.89. The Morgan fingerprint density at radius 2 is 1.50 bits per heavy atom. The Balaban J connectivity index is 2.73. The molecule has 0 fully saturated rings. The first-order valence-corrected chi connectivity index (χ1v) is 6.02. The van der Waals surface area contributed by atoms with E-state index in [1.165, 1.54) is 5.56 Å². The van der Waals surface area contributed by atoms with Crippen LogP contribution in [0.1, 0.15) is 56.8 Å². The molecular formula is C14H22O2. The molecule has 0 amide bonds. The summed E-state index contributed by atoms with van der Waals surface area (Å²) in [6.45, 7) is 6.27. The Labute approximate surface area is 97.9 Å². The molecule has 2 heteroatoms. The van der Waals surface area contributed by atoms with Gasteiger partial charge in [-0.1, -0.05) is 51.5 Å². The molecule has 0 spiro atoms. The highest BCUT2D eigenvalue weighted by atomic mass is 16.3. The summed E-state index contributed by atoms with van der Waals surface area (Å²) in [7, 11) is 0. The minimum atomic E-state index is -0.763. The number of benzene rings is 1. The lowest BCUT2D eigenvalue weighted by atomic mass is 9.97. The maximum absolute atomic E-state index is 9.90. The number of hydrogen-bond donors (Lipinski definition) is 2. The van der Waals surface area contributed by atoms with Crippen LogP contribution in [0.2, 0.25) is 0 Å². The van der Waals surface area contributed by atoms with E-state index in [2.05, 4.69) is 13.8 Å². The van der Waals surface area contributed by atoms with Gasteiger partial charge in [0.1, 0.15) is 6.10 Å². The highest BCUT2D eigenvalue weighted by molar-refractivity contribution is 5.26. The van der Waals surface area contributed by atoms with Gasteiger partial charge < -0.3 is 10.2 Å². The van der Waals surface area contributed by atoms with Gasteiger partial charge in [-0.25, -0.2) is 0 Å². The van der Waals surface area contributed by atoms with E-state index in [4.69, 9.17) is 0 Å². The zero-order chi connectivity index (χ0) is 12.1. The molecule has 2 nitrogen and oxygen atoms in total. The van der Waals surface area contributed by atoms with Gasteiger partial charge in [-0.2, -0.15) is 0 Å². The van der Waals surface area contributed by atoms with Gasteiger partial charge in [0.25, 0.3) is 0 Å². The second kappa shape index (κ2) is 6.02. The van der Waals surface area contributed by atoms with Crippen molar-refractivity contribution in [2.24, 2.45) is 0 Å². The molecule has 0 aliphatic carbocycles. The summed E-state index contributed by atoms with van der Waals surface area (Å²) in [6, 6.07) is 7.83. The van der Waals surface area contributed by atoms with E-state index in [0.717, 1.165) is 12.0 Å². The first kappa shape index (κ1) is 13.2. The van der Waals surface area contributed by atoms with Gasteiger partial charge in [-0.05, 0) is 23.5 Å². The molecule has 0 aliphatic heterocycles. The van der Waals surface area contributed by atoms with Crippen LogP contribution in [0.25, 0.3) is 0 Å². The van der Waals surface area contributed by atoms with E-state index >= 15 is 0 Å². The normalized spacial score (nSPS) is 15.1. The van der Waals surface area contributed by atoms with Crippen LogP contribution in [0, 0.1) is 0 Å². The van der Waals surface area contributed by atoms with E-state index in [1.54, 1.807) is 0 Å². The molecule has 1 aromatic rings. The molecule has 2 N–H and O–H groups in total. The minimum absolute atomic E-state index is 0.492. The summed E-state index contributed by atoms with van der Waals surface area (Å²) in [5, 5.41) is 19.6. The monoisotopic (exact) mass is 222 g/mol. The van der Waals surface area contributed by atoms with E-state index in [-0.39, 0.29) is 0 Å².